The normalized spacial score (nSPS) is 11.1. The SMILES string of the molecule is COc1ccc(/C=C\c2cc(OC)c(OC)c(OC)c2)cc1OCCCCOc1ccc(-c2nc3ccccc3s2)cc1. The van der Waals surface area contributed by atoms with Crippen molar-refractivity contribution >= 4 is 33.7 Å². The zero-order chi connectivity index (χ0) is 30.0. The van der Waals surface area contributed by atoms with Crippen molar-refractivity contribution in [2.75, 3.05) is 41.7 Å². The molecule has 8 heteroatoms. The molecule has 0 saturated carbocycles. The molecule has 7 nitrogen and oxygen atoms in total. The Morgan fingerprint density at radius 1 is 0.628 bits per heavy atom. The molecule has 4 aromatic carbocycles. The molecule has 1 aromatic heterocycles. The summed E-state index contributed by atoms with van der Waals surface area (Å²) in [5, 5.41) is 1.01. The number of rotatable bonds is 14. The van der Waals surface area contributed by atoms with Crippen LogP contribution in [0.15, 0.2) is 78.9 Å². The summed E-state index contributed by atoms with van der Waals surface area (Å²) < 4.78 is 35.1. The minimum atomic E-state index is 0.552. The van der Waals surface area contributed by atoms with Gasteiger partial charge >= 0.3 is 0 Å². The maximum absolute atomic E-state index is 6.09. The Hall–Kier alpha value is -4.69. The van der Waals surface area contributed by atoms with Gasteiger partial charge in [-0.1, -0.05) is 30.4 Å². The molecule has 0 saturated heterocycles. The van der Waals surface area contributed by atoms with Crippen LogP contribution in [0.4, 0.5) is 0 Å². The van der Waals surface area contributed by atoms with E-state index in [0.717, 1.165) is 45.8 Å². The van der Waals surface area contributed by atoms with Gasteiger partial charge in [0.25, 0.3) is 0 Å². The van der Waals surface area contributed by atoms with E-state index in [1.165, 1.54) is 4.70 Å². The first-order chi connectivity index (χ1) is 21.1. The van der Waals surface area contributed by atoms with Crippen LogP contribution in [0.5, 0.6) is 34.5 Å². The quantitative estimate of drug-likeness (QED) is 0.0940. The number of hydrogen-bond acceptors (Lipinski definition) is 8. The van der Waals surface area contributed by atoms with Gasteiger partial charge < -0.3 is 28.4 Å². The van der Waals surface area contributed by atoms with E-state index in [2.05, 4.69) is 18.2 Å². The van der Waals surface area contributed by atoms with Crippen LogP contribution in [-0.2, 0) is 0 Å². The van der Waals surface area contributed by atoms with Crippen LogP contribution >= 0.6 is 11.3 Å². The first-order valence-corrected chi connectivity index (χ1v) is 14.8. The van der Waals surface area contributed by atoms with E-state index in [9.17, 15) is 0 Å². The highest BCUT2D eigenvalue weighted by atomic mass is 32.1. The molecule has 0 radical (unpaired) electrons. The fraction of sp³-hybridized carbons (Fsp3) is 0.229. The Kier molecular flexibility index (Phi) is 10.0. The lowest BCUT2D eigenvalue weighted by Crippen LogP contribution is -2.03. The van der Waals surface area contributed by atoms with E-state index in [1.807, 2.05) is 72.8 Å². The largest absolute Gasteiger partial charge is 0.494 e. The lowest BCUT2D eigenvalue weighted by Gasteiger charge is -2.13. The zero-order valence-corrected chi connectivity index (χ0v) is 25.6. The maximum Gasteiger partial charge on any atom is 0.203 e. The fourth-order valence-corrected chi connectivity index (χ4v) is 5.54. The van der Waals surface area contributed by atoms with Crippen molar-refractivity contribution in [2.24, 2.45) is 0 Å². The number of para-hydroxylation sites is 1. The molecule has 1 heterocycles. The first kappa shape index (κ1) is 29.8. The summed E-state index contributed by atoms with van der Waals surface area (Å²) in [5.41, 5.74) is 4.01. The molecule has 0 aliphatic heterocycles. The second-order valence-corrected chi connectivity index (χ2v) is 10.6. The number of hydrogen-bond donors (Lipinski definition) is 0. The fourth-order valence-electron chi connectivity index (χ4n) is 4.57. The van der Waals surface area contributed by atoms with Gasteiger partial charge in [0.1, 0.15) is 10.8 Å². The van der Waals surface area contributed by atoms with Crippen molar-refractivity contribution in [1.82, 2.24) is 4.98 Å². The third kappa shape index (κ3) is 7.40. The number of thiazole rings is 1. The van der Waals surface area contributed by atoms with Crippen molar-refractivity contribution in [2.45, 2.75) is 12.8 Å². The summed E-state index contributed by atoms with van der Waals surface area (Å²) in [6.45, 7) is 1.16. The Balaban J connectivity index is 1.11. The summed E-state index contributed by atoms with van der Waals surface area (Å²) in [6, 6.07) is 26.0. The monoisotopic (exact) mass is 597 g/mol. The summed E-state index contributed by atoms with van der Waals surface area (Å²) in [7, 11) is 6.44. The second-order valence-electron chi connectivity index (χ2n) is 9.62. The highest BCUT2D eigenvalue weighted by Crippen LogP contribution is 2.39. The van der Waals surface area contributed by atoms with Crippen molar-refractivity contribution in [3.05, 3.63) is 90.0 Å². The molecular formula is C35H35NO6S. The van der Waals surface area contributed by atoms with E-state index >= 15 is 0 Å². The highest BCUT2D eigenvalue weighted by molar-refractivity contribution is 7.21. The van der Waals surface area contributed by atoms with Crippen LogP contribution in [0.25, 0.3) is 32.9 Å². The van der Waals surface area contributed by atoms with Gasteiger partial charge in [-0.3, -0.25) is 0 Å². The van der Waals surface area contributed by atoms with Crippen LogP contribution in [0.3, 0.4) is 0 Å². The molecule has 0 amide bonds. The van der Waals surface area contributed by atoms with Crippen LogP contribution in [0, 0.1) is 0 Å². The van der Waals surface area contributed by atoms with Gasteiger partial charge in [0.15, 0.2) is 23.0 Å². The molecule has 0 N–H and O–H groups in total. The van der Waals surface area contributed by atoms with E-state index < -0.39 is 0 Å². The Morgan fingerprint density at radius 3 is 1.95 bits per heavy atom. The van der Waals surface area contributed by atoms with E-state index in [1.54, 1.807) is 39.8 Å². The predicted octanol–water partition coefficient (Wildman–Crippen LogP) is 8.41. The Morgan fingerprint density at radius 2 is 1.28 bits per heavy atom. The van der Waals surface area contributed by atoms with Gasteiger partial charge in [-0.05, 0) is 84.6 Å². The van der Waals surface area contributed by atoms with E-state index in [-0.39, 0.29) is 0 Å². The van der Waals surface area contributed by atoms with Crippen LogP contribution in [0.2, 0.25) is 0 Å². The van der Waals surface area contributed by atoms with Gasteiger partial charge in [-0.25, -0.2) is 4.98 Å². The van der Waals surface area contributed by atoms with Crippen molar-refractivity contribution < 1.29 is 28.4 Å². The molecule has 5 rings (SSSR count). The lowest BCUT2D eigenvalue weighted by molar-refractivity contribution is 0.258. The summed E-state index contributed by atoms with van der Waals surface area (Å²) in [6.07, 6.45) is 5.70. The molecular weight excluding hydrogens is 562 g/mol. The summed E-state index contributed by atoms with van der Waals surface area (Å²) in [5.74, 6) is 4.00. The third-order valence-corrected chi connectivity index (χ3v) is 7.89. The molecule has 0 aliphatic carbocycles. The number of nitrogens with zero attached hydrogens (tertiary/aromatic N) is 1. The lowest BCUT2D eigenvalue weighted by atomic mass is 10.1. The standard InChI is InChI=1S/C35H35NO6S/c1-37-29-18-13-24(11-12-25-22-31(38-2)34(40-4)32(23-25)39-3)21-30(29)42-20-8-7-19-41-27-16-14-26(15-17-27)35-36-28-9-5-6-10-33(28)43-35/h5-6,9-18,21-23H,7-8,19-20H2,1-4H3/b12-11-. The average molecular weight is 598 g/mol. The van der Waals surface area contributed by atoms with Crippen LogP contribution in [0.1, 0.15) is 24.0 Å². The maximum atomic E-state index is 6.09. The number of fused-ring (bicyclic) bond motifs is 1. The smallest absolute Gasteiger partial charge is 0.203 e. The Bertz CT molecular complexity index is 1620. The van der Waals surface area contributed by atoms with Crippen LogP contribution < -0.4 is 28.4 Å². The van der Waals surface area contributed by atoms with Gasteiger partial charge in [0.2, 0.25) is 5.75 Å². The Labute approximate surface area is 256 Å². The molecule has 0 fully saturated rings. The van der Waals surface area contributed by atoms with Crippen LogP contribution in [-0.4, -0.2) is 46.6 Å². The van der Waals surface area contributed by atoms with Gasteiger partial charge in [0.05, 0.1) is 51.9 Å². The topological polar surface area (TPSA) is 68.3 Å². The molecule has 0 spiro atoms. The first-order valence-electron chi connectivity index (χ1n) is 14.0. The molecule has 43 heavy (non-hydrogen) atoms. The van der Waals surface area contributed by atoms with Gasteiger partial charge in [-0.15, -0.1) is 11.3 Å². The molecule has 0 bridgehead atoms. The minimum absolute atomic E-state index is 0.552. The molecule has 0 aliphatic rings. The summed E-state index contributed by atoms with van der Waals surface area (Å²) >= 11 is 1.70. The van der Waals surface area contributed by atoms with E-state index in [0.29, 0.717) is 42.0 Å². The average Bonchev–Trinajstić information content (AvgIpc) is 3.49. The number of ether oxygens (including phenoxy) is 6. The number of unbranched alkanes of at least 4 members (excludes halogenated alkanes) is 1. The van der Waals surface area contributed by atoms with Crippen molar-refractivity contribution in [1.29, 1.82) is 0 Å². The minimum Gasteiger partial charge on any atom is -0.494 e. The van der Waals surface area contributed by atoms with Gasteiger partial charge in [-0.2, -0.15) is 0 Å². The number of aromatic nitrogens is 1. The summed E-state index contributed by atoms with van der Waals surface area (Å²) in [4.78, 5) is 4.73. The highest BCUT2D eigenvalue weighted by Gasteiger charge is 2.12. The molecule has 0 unspecified atom stereocenters. The number of methoxy groups -OCH3 is 4. The van der Waals surface area contributed by atoms with E-state index in [4.69, 9.17) is 33.4 Å². The molecule has 5 aromatic rings. The van der Waals surface area contributed by atoms with Gasteiger partial charge in [0, 0.05) is 5.56 Å². The molecule has 0 atom stereocenters. The predicted molar refractivity (Wildman–Crippen MR) is 173 cm³/mol. The second kappa shape index (κ2) is 14.5. The van der Waals surface area contributed by atoms with Crippen molar-refractivity contribution in [3.63, 3.8) is 0 Å². The van der Waals surface area contributed by atoms with Crippen molar-refractivity contribution in [3.8, 4) is 45.1 Å². The zero-order valence-electron chi connectivity index (χ0n) is 24.8. The molecule has 222 valence electrons. The number of benzene rings is 4. The third-order valence-electron chi connectivity index (χ3n) is 6.80.